The van der Waals surface area contributed by atoms with Crippen molar-refractivity contribution in [3.05, 3.63) is 17.0 Å². The first-order valence-electron chi connectivity index (χ1n) is 5.55. The van der Waals surface area contributed by atoms with E-state index in [2.05, 4.69) is 5.16 Å². The normalized spacial score (nSPS) is 20.2. The Morgan fingerprint density at radius 1 is 1.41 bits per heavy atom. The Bertz CT molecular complexity index is 481. The highest BCUT2D eigenvalue weighted by Crippen LogP contribution is 2.33. The van der Waals surface area contributed by atoms with Crippen molar-refractivity contribution >= 4 is 11.8 Å². The Morgan fingerprint density at radius 3 is 2.59 bits per heavy atom. The van der Waals surface area contributed by atoms with Crippen LogP contribution in [0.4, 0.5) is 0 Å². The molecule has 0 saturated heterocycles. The van der Waals surface area contributed by atoms with Gasteiger partial charge in [-0.2, -0.15) is 0 Å². The molecule has 0 radical (unpaired) electrons. The van der Waals surface area contributed by atoms with E-state index in [9.17, 15) is 9.59 Å². The fourth-order valence-corrected chi connectivity index (χ4v) is 2.06. The van der Waals surface area contributed by atoms with Gasteiger partial charge in [-0.1, -0.05) is 25.9 Å². The third-order valence-corrected chi connectivity index (χ3v) is 2.96. The van der Waals surface area contributed by atoms with Crippen LogP contribution in [0.2, 0.25) is 0 Å². The Kier molecular flexibility index (Phi) is 2.56. The van der Waals surface area contributed by atoms with Gasteiger partial charge in [-0.25, -0.2) is 0 Å². The number of carbonyl (C=O) groups excluding carboxylic acids is 1. The van der Waals surface area contributed by atoms with Gasteiger partial charge in [0.25, 0.3) is 0 Å². The molecule has 0 aromatic carbocycles. The maximum absolute atomic E-state index is 12.0. The van der Waals surface area contributed by atoms with E-state index in [4.69, 9.17) is 9.63 Å². The number of carboxylic acid groups (broad SMARTS) is 1. The quantitative estimate of drug-likeness (QED) is 0.805. The molecule has 2 rings (SSSR count). The second-order valence-corrected chi connectivity index (χ2v) is 5.45. The van der Waals surface area contributed by atoms with Gasteiger partial charge < -0.3 is 9.63 Å². The van der Waals surface area contributed by atoms with E-state index >= 15 is 0 Å². The maximum atomic E-state index is 12.0. The standard InChI is InChI=1S/C12H15NO4/c1-12(2,3)10-9-7(14)4-6(11(15)16)5-8(9)17-13-10/h6H,4-5H2,1-3H3,(H,15,16). The Labute approximate surface area is 98.8 Å². The molecule has 1 aliphatic rings. The van der Waals surface area contributed by atoms with Gasteiger partial charge in [0.15, 0.2) is 5.78 Å². The Morgan fingerprint density at radius 2 is 2.06 bits per heavy atom. The van der Waals surface area contributed by atoms with Crippen molar-refractivity contribution in [2.45, 2.75) is 39.0 Å². The van der Waals surface area contributed by atoms with Gasteiger partial charge in [0.1, 0.15) is 5.76 Å². The SMILES string of the molecule is CC(C)(C)c1noc2c1C(=O)CC(C(=O)O)C2. The minimum absolute atomic E-state index is 0.0344. The summed E-state index contributed by atoms with van der Waals surface area (Å²) < 4.78 is 5.13. The molecule has 1 aromatic rings. The van der Waals surface area contributed by atoms with Crippen LogP contribution >= 0.6 is 0 Å². The number of ketones is 1. The number of aromatic nitrogens is 1. The van der Waals surface area contributed by atoms with Crippen molar-refractivity contribution in [2.24, 2.45) is 5.92 Å². The van der Waals surface area contributed by atoms with Crippen molar-refractivity contribution in [2.75, 3.05) is 0 Å². The lowest BCUT2D eigenvalue weighted by Gasteiger charge is -2.20. The van der Waals surface area contributed by atoms with Gasteiger partial charge in [-0.05, 0) is 0 Å². The highest BCUT2D eigenvalue weighted by Gasteiger charge is 2.37. The van der Waals surface area contributed by atoms with E-state index in [1.807, 2.05) is 20.8 Å². The highest BCUT2D eigenvalue weighted by atomic mass is 16.5. The molecule has 0 saturated carbocycles. The van der Waals surface area contributed by atoms with Gasteiger partial charge in [0, 0.05) is 18.3 Å². The maximum Gasteiger partial charge on any atom is 0.307 e. The number of aliphatic carboxylic acids is 1. The van der Waals surface area contributed by atoms with Crippen LogP contribution in [0.25, 0.3) is 0 Å². The summed E-state index contributed by atoms with van der Waals surface area (Å²) in [5.41, 5.74) is 0.847. The first kappa shape index (κ1) is 11.8. The molecule has 1 aromatic heterocycles. The predicted octanol–water partition coefficient (Wildman–Crippen LogP) is 1.80. The molecule has 1 unspecified atom stereocenters. The van der Waals surface area contributed by atoms with Gasteiger partial charge in [0.2, 0.25) is 0 Å². The van der Waals surface area contributed by atoms with Crippen molar-refractivity contribution in [1.29, 1.82) is 0 Å². The first-order chi connectivity index (χ1) is 7.80. The zero-order chi connectivity index (χ0) is 12.8. The molecule has 0 fully saturated rings. The third kappa shape index (κ3) is 1.97. The van der Waals surface area contributed by atoms with Crippen LogP contribution in [-0.4, -0.2) is 22.0 Å². The summed E-state index contributed by atoms with van der Waals surface area (Å²) in [7, 11) is 0. The smallest absolute Gasteiger partial charge is 0.307 e. The molecule has 92 valence electrons. The first-order valence-corrected chi connectivity index (χ1v) is 5.55. The average Bonchev–Trinajstić information content (AvgIpc) is 2.60. The van der Waals surface area contributed by atoms with Crippen LogP contribution in [0.1, 0.15) is 49.0 Å². The minimum atomic E-state index is -0.960. The number of rotatable bonds is 1. The van der Waals surface area contributed by atoms with Crippen molar-refractivity contribution in [3.63, 3.8) is 0 Å². The van der Waals surface area contributed by atoms with Crippen LogP contribution in [0.15, 0.2) is 4.52 Å². The summed E-state index contributed by atoms with van der Waals surface area (Å²) in [6, 6.07) is 0. The second kappa shape index (κ2) is 3.68. The Balaban J connectivity index is 2.44. The number of carbonyl (C=O) groups is 2. The van der Waals surface area contributed by atoms with Gasteiger partial charge in [-0.3, -0.25) is 9.59 Å². The number of nitrogens with zero attached hydrogens (tertiary/aromatic N) is 1. The summed E-state index contributed by atoms with van der Waals surface area (Å²) in [6.45, 7) is 5.84. The lowest BCUT2D eigenvalue weighted by molar-refractivity contribution is -0.141. The number of hydrogen-bond acceptors (Lipinski definition) is 4. The molecule has 1 heterocycles. The van der Waals surface area contributed by atoms with Gasteiger partial charge in [0.05, 0.1) is 17.2 Å². The largest absolute Gasteiger partial charge is 0.481 e. The molecule has 0 bridgehead atoms. The van der Waals surface area contributed by atoms with Crippen molar-refractivity contribution < 1.29 is 19.2 Å². The fourth-order valence-electron chi connectivity index (χ4n) is 2.06. The number of fused-ring (bicyclic) bond motifs is 1. The van der Waals surface area contributed by atoms with E-state index in [0.29, 0.717) is 17.0 Å². The molecule has 5 heteroatoms. The molecule has 5 nitrogen and oxygen atoms in total. The van der Waals surface area contributed by atoms with Crippen molar-refractivity contribution in [3.8, 4) is 0 Å². The predicted molar refractivity (Wildman–Crippen MR) is 59.0 cm³/mol. The van der Waals surface area contributed by atoms with Crippen molar-refractivity contribution in [1.82, 2.24) is 5.16 Å². The van der Waals surface area contributed by atoms with Crippen LogP contribution in [0, 0.1) is 5.92 Å². The number of carboxylic acids is 1. The number of hydrogen-bond donors (Lipinski definition) is 1. The molecule has 1 atom stereocenters. The monoisotopic (exact) mass is 237 g/mol. The zero-order valence-electron chi connectivity index (χ0n) is 10.1. The van der Waals surface area contributed by atoms with E-state index in [1.165, 1.54) is 0 Å². The zero-order valence-corrected chi connectivity index (χ0v) is 10.1. The summed E-state index contributed by atoms with van der Waals surface area (Å²) in [5.74, 6) is -1.41. The van der Waals surface area contributed by atoms with E-state index in [0.717, 1.165) is 0 Å². The molecular formula is C12H15NO4. The topological polar surface area (TPSA) is 80.4 Å². The second-order valence-electron chi connectivity index (χ2n) is 5.45. The van der Waals surface area contributed by atoms with Crippen LogP contribution in [0.3, 0.4) is 0 Å². The van der Waals surface area contributed by atoms with Crippen LogP contribution in [-0.2, 0) is 16.6 Å². The lowest BCUT2D eigenvalue weighted by Crippen LogP contribution is -2.27. The average molecular weight is 237 g/mol. The van der Waals surface area contributed by atoms with Gasteiger partial charge in [-0.15, -0.1) is 0 Å². The van der Waals surface area contributed by atoms with Crippen LogP contribution < -0.4 is 0 Å². The van der Waals surface area contributed by atoms with Crippen LogP contribution in [0.5, 0.6) is 0 Å². The number of Topliss-reactive ketones (excluding diaryl/α,β-unsaturated/α-hetero) is 1. The molecule has 1 N–H and O–H groups in total. The molecule has 1 aliphatic carbocycles. The lowest BCUT2D eigenvalue weighted by atomic mass is 9.81. The highest BCUT2D eigenvalue weighted by molar-refractivity contribution is 6.01. The molecule has 0 spiro atoms. The Hall–Kier alpha value is -1.65. The fraction of sp³-hybridized carbons (Fsp3) is 0.583. The molecular weight excluding hydrogens is 222 g/mol. The molecule has 17 heavy (non-hydrogen) atoms. The summed E-state index contributed by atoms with van der Waals surface area (Å²) in [5, 5.41) is 12.9. The minimum Gasteiger partial charge on any atom is -0.481 e. The summed E-state index contributed by atoms with van der Waals surface area (Å²) in [6.07, 6.45) is 0.284. The van der Waals surface area contributed by atoms with E-state index in [1.54, 1.807) is 0 Å². The third-order valence-electron chi connectivity index (χ3n) is 2.96. The van der Waals surface area contributed by atoms with Gasteiger partial charge >= 0.3 is 5.97 Å². The van der Waals surface area contributed by atoms with E-state index in [-0.39, 0.29) is 24.0 Å². The molecule has 0 amide bonds. The van der Waals surface area contributed by atoms with E-state index < -0.39 is 11.9 Å². The summed E-state index contributed by atoms with van der Waals surface area (Å²) in [4.78, 5) is 22.9. The summed E-state index contributed by atoms with van der Waals surface area (Å²) >= 11 is 0. The molecule has 0 aliphatic heterocycles.